The van der Waals surface area contributed by atoms with Crippen LogP contribution >= 0.6 is 0 Å². The fourth-order valence-electron chi connectivity index (χ4n) is 0.628. The first-order valence-electron chi connectivity index (χ1n) is 3.73. The van der Waals surface area contributed by atoms with Crippen molar-refractivity contribution in [2.45, 2.75) is 20.8 Å². The largest absolute Gasteiger partial charge is 0.207 e. The molecule has 0 saturated carbocycles. The zero-order chi connectivity index (χ0) is 9.72. The number of hydrogen-bond acceptors (Lipinski definition) is 0. The van der Waals surface area contributed by atoms with Gasteiger partial charge in [0.1, 0.15) is 5.82 Å². The highest BCUT2D eigenvalue weighted by molar-refractivity contribution is 5.18. The van der Waals surface area contributed by atoms with Crippen LogP contribution in [0, 0.1) is 24.4 Å². The summed E-state index contributed by atoms with van der Waals surface area (Å²) in [5.41, 5.74) is -0.278. The molecule has 3 heteroatoms. The Morgan fingerprint density at radius 3 is 1.75 bits per heavy atom. The molecule has 12 heavy (non-hydrogen) atoms. The third kappa shape index (κ3) is 2.26. The minimum atomic E-state index is -1.11. The minimum absolute atomic E-state index is 0.278. The van der Waals surface area contributed by atoms with E-state index < -0.39 is 17.5 Å². The number of hydrogen-bond donors (Lipinski definition) is 0. The summed E-state index contributed by atoms with van der Waals surface area (Å²) in [5, 5.41) is 0. The monoisotopic (exact) mass is 176 g/mol. The maximum Gasteiger partial charge on any atom is 0.164 e. The zero-order valence-electron chi connectivity index (χ0n) is 7.29. The van der Waals surface area contributed by atoms with Gasteiger partial charge in [0, 0.05) is 5.56 Å². The molecule has 0 amide bonds. The molecule has 0 heterocycles. The SMILES string of the molecule is CC.Cc1c(F)ccc(F)c1F. The van der Waals surface area contributed by atoms with E-state index in [1.54, 1.807) is 0 Å². The molecule has 1 aromatic rings. The summed E-state index contributed by atoms with van der Waals surface area (Å²) in [5.74, 6) is -2.85. The molecule has 0 atom stereocenters. The van der Waals surface area contributed by atoms with Crippen LogP contribution in [0.25, 0.3) is 0 Å². The van der Waals surface area contributed by atoms with E-state index >= 15 is 0 Å². The lowest BCUT2D eigenvalue weighted by Crippen LogP contribution is -1.91. The first-order valence-corrected chi connectivity index (χ1v) is 3.73. The van der Waals surface area contributed by atoms with Crippen LogP contribution < -0.4 is 0 Å². The quantitative estimate of drug-likeness (QED) is 0.531. The second-order valence-electron chi connectivity index (χ2n) is 1.97. The van der Waals surface area contributed by atoms with Crippen LogP contribution in [-0.2, 0) is 0 Å². The second-order valence-corrected chi connectivity index (χ2v) is 1.97. The average molecular weight is 176 g/mol. The van der Waals surface area contributed by atoms with E-state index in [0.717, 1.165) is 12.1 Å². The molecule has 0 aliphatic carbocycles. The van der Waals surface area contributed by atoms with E-state index in [9.17, 15) is 13.2 Å². The molecule has 0 spiro atoms. The van der Waals surface area contributed by atoms with Gasteiger partial charge in [-0.2, -0.15) is 0 Å². The van der Waals surface area contributed by atoms with Gasteiger partial charge in [-0.3, -0.25) is 0 Å². The lowest BCUT2D eigenvalue weighted by Gasteiger charge is -1.97. The summed E-state index contributed by atoms with van der Waals surface area (Å²) in [7, 11) is 0. The Bertz CT molecular complexity index is 229. The Kier molecular flexibility index (Phi) is 4.40. The number of halogens is 3. The van der Waals surface area contributed by atoms with Crippen molar-refractivity contribution >= 4 is 0 Å². The van der Waals surface area contributed by atoms with Gasteiger partial charge < -0.3 is 0 Å². The number of rotatable bonds is 0. The fraction of sp³-hybridized carbons (Fsp3) is 0.333. The molecule has 1 aromatic carbocycles. The molecule has 0 aromatic heterocycles. The molecule has 0 unspecified atom stereocenters. The standard InChI is InChI=1S/C7H5F3.C2H6/c1-4-5(8)2-3-6(9)7(4)10;1-2/h2-3H,1H3;1-2H3. The van der Waals surface area contributed by atoms with Gasteiger partial charge in [0.15, 0.2) is 11.6 Å². The van der Waals surface area contributed by atoms with Crippen LogP contribution in [0.15, 0.2) is 12.1 Å². The normalized spacial score (nSPS) is 8.83. The van der Waals surface area contributed by atoms with Crippen LogP contribution in [-0.4, -0.2) is 0 Å². The molecular weight excluding hydrogens is 165 g/mol. The van der Waals surface area contributed by atoms with Gasteiger partial charge in [0.25, 0.3) is 0 Å². The van der Waals surface area contributed by atoms with Crippen LogP contribution in [0.4, 0.5) is 13.2 Å². The van der Waals surface area contributed by atoms with E-state index in [1.807, 2.05) is 13.8 Å². The van der Waals surface area contributed by atoms with E-state index in [-0.39, 0.29) is 5.56 Å². The molecule has 0 aliphatic heterocycles. The summed E-state index contributed by atoms with van der Waals surface area (Å²) in [6.45, 7) is 5.19. The highest BCUT2D eigenvalue weighted by Gasteiger charge is 2.07. The third-order valence-corrected chi connectivity index (χ3v) is 1.27. The van der Waals surface area contributed by atoms with E-state index in [0.29, 0.717) is 0 Å². The number of benzene rings is 1. The van der Waals surface area contributed by atoms with E-state index in [1.165, 1.54) is 6.92 Å². The van der Waals surface area contributed by atoms with Gasteiger partial charge >= 0.3 is 0 Å². The van der Waals surface area contributed by atoms with Crippen molar-refractivity contribution in [1.29, 1.82) is 0 Å². The smallest absolute Gasteiger partial charge is 0.164 e. The molecular formula is C9H11F3. The molecule has 0 N–H and O–H groups in total. The second kappa shape index (κ2) is 4.80. The Morgan fingerprint density at radius 2 is 1.33 bits per heavy atom. The molecule has 0 bridgehead atoms. The minimum Gasteiger partial charge on any atom is -0.207 e. The molecule has 0 fully saturated rings. The predicted octanol–water partition coefficient (Wildman–Crippen LogP) is 3.44. The summed E-state index contributed by atoms with van der Waals surface area (Å²) in [6.07, 6.45) is 0. The Hall–Kier alpha value is -0.990. The van der Waals surface area contributed by atoms with Crippen LogP contribution in [0.5, 0.6) is 0 Å². The van der Waals surface area contributed by atoms with Gasteiger partial charge in [0.05, 0.1) is 0 Å². The topological polar surface area (TPSA) is 0 Å². The van der Waals surface area contributed by atoms with Gasteiger partial charge in [-0.15, -0.1) is 0 Å². The summed E-state index contributed by atoms with van der Waals surface area (Å²) < 4.78 is 36.9. The molecule has 1 rings (SSSR count). The highest BCUT2D eigenvalue weighted by Crippen LogP contribution is 2.13. The van der Waals surface area contributed by atoms with Crippen molar-refractivity contribution < 1.29 is 13.2 Å². The fourth-order valence-corrected chi connectivity index (χ4v) is 0.628. The van der Waals surface area contributed by atoms with Gasteiger partial charge in [-0.25, -0.2) is 13.2 Å². The van der Waals surface area contributed by atoms with Crippen molar-refractivity contribution in [2.75, 3.05) is 0 Å². The average Bonchev–Trinajstić information content (AvgIpc) is 2.12. The Labute approximate surface area is 70.0 Å². The zero-order valence-corrected chi connectivity index (χ0v) is 7.29. The molecule has 0 saturated heterocycles. The lowest BCUT2D eigenvalue weighted by atomic mass is 10.2. The highest BCUT2D eigenvalue weighted by atomic mass is 19.2. The Morgan fingerprint density at radius 1 is 0.917 bits per heavy atom. The van der Waals surface area contributed by atoms with E-state index in [2.05, 4.69) is 0 Å². The van der Waals surface area contributed by atoms with Crippen LogP contribution in [0.1, 0.15) is 19.4 Å². The third-order valence-electron chi connectivity index (χ3n) is 1.27. The van der Waals surface area contributed by atoms with Crippen molar-refractivity contribution in [3.05, 3.63) is 35.1 Å². The molecule has 0 aliphatic rings. The van der Waals surface area contributed by atoms with Crippen molar-refractivity contribution in [2.24, 2.45) is 0 Å². The summed E-state index contributed by atoms with van der Waals surface area (Å²) in [4.78, 5) is 0. The Balaban J connectivity index is 0.000000561. The maximum atomic E-state index is 12.4. The van der Waals surface area contributed by atoms with Gasteiger partial charge in [-0.1, -0.05) is 13.8 Å². The molecule has 0 radical (unpaired) electrons. The first kappa shape index (κ1) is 11.0. The first-order chi connectivity index (χ1) is 5.63. The van der Waals surface area contributed by atoms with Crippen molar-refractivity contribution in [1.82, 2.24) is 0 Å². The van der Waals surface area contributed by atoms with Gasteiger partial charge in [0.2, 0.25) is 0 Å². The maximum absolute atomic E-state index is 12.4. The van der Waals surface area contributed by atoms with Gasteiger partial charge in [-0.05, 0) is 19.1 Å². The van der Waals surface area contributed by atoms with E-state index in [4.69, 9.17) is 0 Å². The van der Waals surface area contributed by atoms with Crippen molar-refractivity contribution in [3.63, 3.8) is 0 Å². The molecule has 68 valence electrons. The predicted molar refractivity (Wildman–Crippen MR) is 42.4 cm³/mol. The summed E-state index contributed by atoms with van der Waals surface area (Å²) >= 11 is 0. The lowest BCUT2D eigenvalue weighted by molar-refractivity contribution is 0.486. The summed E-state index contributed by atoms with van der Waals surface area (Å²) in [6, 6.07) is 1.66. The van der Waals surface area contributed by atoms with Crippen LogP contribution in [0.3, 0.4) is 0 Å². The van der Waals surface area contributed by atoms with Crippen molar-refractivity contribution in [3.8, 4) is 0 Å². The van der Waals surface area contributed by atoms with Crippen LogP contribution in [0.2, 0.25) is 0 Å². The molecule has 0 nitrogen and oxygen atoms in total.